The number of aromatic nitrogens is 2. The van der Waals surface area contributed by atoms with E-state index in [9.17, 15) is 4.79 Å². The van der Waals surface area contributed by atoms with Gasteiger partial charge in [0.05, 0.1) is 0 Å². The Labute approximate surface area is 152 Å². The van der Waals surface area contributed by atoms with Crippen molar-refractivity contribution < 1.29 is 0 Å². The fraction of sp³-hybridized carbons (Fsp3) is 0.429. The van der Waals surface area contributed by atoms with Crippen molar-refractivity contribution in [2.75, 3.05) is 0 Å². The number of hydrogen-bond donors (Lipinski definition) is 0. The van der Waals surface area contributed by atoms with Gasteiger partial charge in [0.2, 0.25) is 0 Å². The molecule has 0 aliphatic rings. The van der Waals surface area contributed by atoms with Gasteiger partial charge in [-0.15, -0.1) is 5.54 Å². The third-order valence-corrected chi connectivity index (χ3v) is 11.4. The first kappa shape index (κ1) is 19.2. The predicted molar refractivity (Wildman–Crippen MR) is 108 cm³/mol. The van der Waals surface area contributed by atoms with Crippen molar-refractivity contribution in [2.45, 2.75) is 58.2 Å². The summed E-state index contributed by atoms with van der Waals surface area (Å²) in [7, 11) is -1.85. The molecule has 0 amide bonds. The molecule has 0 saturated carbocycles. The summed E-state index contributed by atoms with van der Waals surface area (Å²) < 4.78 is 1.60. The molecule has 0 spiro atoms. The zero-order valence-corrected chi connectivity index (χ0v) is 17.1. The van der Waals surface area contributed by atoms with Gasteiger partial charge in [-0.25, -0.2) is 4.98 Å². The van der Waals surface area contributed by atoms with E-state index in [0.29, 0.717) is 28.1 Å². The molecule has 0 aliphatic heterocycles. The lowest BCUT2D eigenvalue weighted by Crippen LogP contribution is -2.43. The van der Waals surface area contributed by atoms with Gasteiger partial charge >= 0.3 is 0 Å². The zero-order chi connectivity index (χ0) is 18.6. The summed E-state index contributed by atoms with van der Waals surface area (Å²) in [6.45, 7) is 13.7. The van der Waals surface area contributed by atoms with Crippen LogP contribution >= 0.6 is 0 Å². The van der Waals surface area contributed by atoms with Gasteiger partial charge < -0.3 is 0 Å². The average Bonchev–Trinajstić information content (AvgIpc) is 2.55. The fourth-order valence-electron chi connectivity index (χ4n) is 3.91. The van der Waals surface area contributed by atoms with Crippen LogP contribution < -0.4 is 5.56 Å². The second-order valence-electron chi connectivity index (χ2n) is 7.42. The minimum Gasteiger partial charge on any atom is -0.269 e. The Morgan fingerprint density at radius 2 is 1.56 bits per heavy atom. The molecule has 0 aliphatic carbocycles. The second-order valence-corrected chi connectivity index (χ2v) is 13.0. The summed E-state index contributed by atoms with van der Waals surface area (Å²) in [5.74, 6) is 3.99. The van der Waals surface area contributed by atoms with Gasteiger partial charge in [0, 0.05) is 12.3 Å². The third-order valence-electron chi connectivity index (χ3n) is 5.11. The van der Waals surface area contributed by atoms with Crippen LogP contribution in [0.25, 0.3) is 5.82 Å². The first-order valence-corrected chi connectivity index (χ1v) is 11.2. The number of nitrogens with zero attached hydrogens (tertiary/aromatic N) is 2. The maximum atomic E-state index is 12.4. The summed E-state index contributed by atoms with van der Waals surface area (Å²) >= 11 is 0. The Morgan fingerprint density at radius 3 is 2.08 bits per heavy atom. The minimum absolute atomic E-state index is 0.101. The molecular formula is C21H28N2OSi. The molecular weight excluding hydrogens is 324 g/mol. The molecule has 2 rings (SSSR count). The Balaban J connectivity index is 2.65. The molecule has 2 heterocycles. The molecule has 0 N–H and O–H groups in total. The van der Waals surface area contributed by atoms with Crippen molar-refractivity contribution in [1.29, 1.82) is 0 Å². The van der Waals surface area contributed by atoms with Crippen LogP contribution in [0.5, 0.6) is 0 Å². The van der Waals surface area contributed by atoms with E-state index in [0.717, 1.165) is 0 Å². The van der Waals surface area contributed by atoms with Crippen LogP contribution in [0.3, 0.4) is 0 Å². The van der Waals surface area contributed by atoms with Gasteiger partial charge in [0.25, 0.3) is 5.56 Å². The molecule has 0 unspecified atom stereocenters. The van der Waals surface area contributed by atoms with Gasteiger partial charge in [-0.2, -0.15) is 0 Å². The molecule has 0 radical (unpaired) electrons. The van der Waals surface area contributed by atoms with E-state index in [2.05, 4.69) is 58.0 Å². The van der Waals surface area contributed by atoms with Crippen LogP contribution in [0, 0.1) is 11.5 Å². The molecule has 0 bridgehead atoms. The van der Waals surface area contributed by atoms with Crippen molar-refractivity contribution in [2.24, 2.45) is 0 Å². The van der Waals surface area contributed by atoms with Gasteiger partial charge in [0.15, 0.2) is 0 Å². The van der Waals surface area contributed by atoms with Gasteiger partial charge in [-0.3, -0.25) is 9.36 Å². The first-order valence-electron chi connectivity index (χ1n) is 8.97. The van der Waals surface area contributed by atoms with Crippen LogP contribution in [0.1, 0.15) is 47.2 Å². The Hall–Kier alpha value is -2.12. The largest absolute Gasteiger partial charge is 0.269 e. The molecule has 0 fully saturated rings. The van der Waals surface area contributed by atoms with E-state index in [4.69, 9.17) is 0 Å². The van der Waals surface area contributed by atoms with E-state index < -0.39 is 8.07 Å². The van der Waals surface area contributed by atoms with Gasteiger partial charge in [0.1, 0.15) is 19.6 Å². The Kier molecular flexibility index (Phi) is 6.02. The number of pyridine rings is 2. The quantitative estimate of drug-likeness (QED) is 0.585. The molecule has 0 atom stereocenters. The molecule has 4 heteroatoms. The van der Waals surface area contributed by atoms with Crippen molar-refractivity contribution in [1.82, 2.24) is 9.55 Å². The van der Waals surface area contributed by atoms with Crippen LogP contribution in [-0.2, 0) is 0 Å². The standard InChI is InChI=1S/C21H28N2OSi/c1-16(2)25(17(3)4,18(5)6)15-13-19-10-9-12-21(24)23(19)20-11-7-8-14-22-20/h7-12,14,16-18H,1-6H3. The minimum atomic E-state index is -1.85. The predicted octanol–water partition coefficient (Wildman–Crippen LogP) is 4.80. The lowest BCUT2D eigenvalue weighted by molar-refractivity contribution is 0.838. The fourth-order valence-corrected chi connectivity index (χ4v) is 9.13. The normalized spacial score (nSPS) is 11.7. The highest BCUT2D eigenvalue weighted by molar-refractivity contribution is 6.90. The summed E-state index contributed by atoms with van der Waals surface area (Å²) in [6, 6.07) is 10.8. The molecule has 2 aromatic rings. The van der Waals surface area contributed by atoms with Crippen LogP contribution in [-0.4, -0.2) is 17.6 Å². The summed E-state index contributed by atoms with van der Waals surface area (Å²) in [5, 5.41) is 0. The van der Waals surface area contributed by atoms with Crippen molar-refractivity contribution in [3.8, 4) is 17.3 Å². The first-order chi connectivity index (χ1) is 11.8. The van der Waals surface area contributed by atoms with Crippen LogP contribution in [0.2, 0.25) is 16.6 Å². The maximum Gasteiger partial charge on any atom is 0.257 e. The molecule has 132 valence electrons. The van der Waals surface area contributed by atoms with Gasteiger partial charge in [-0.05, 0) is 34.8 Å². The second kappa shape index (κ2) is 7.84. The highest BCUT2D eigenvalue weighted by Gasteiger charge is 2.41. The number of rotatable bonds is 4. The van der Waals surface area contributed by atoms with Crippen molar-refractivity contribution in [3.63, 3.8) is 0 Å². The summed E-state index contributed by atoms with van der Waals surface area (Å²) in [6.07, 6.45) is 1.70. The smallest absolute Gasteiger partial charge is 0.257 e. The topological polar surface area (TPSA) is 34.9 Å². The molecule has 2 aromatic heterocycles. The Morgan fingerprint density at radius 1 is 0.920 bits per heavy atom. The summed E-state index contributed by atoms with van der Waals surface area (Å²) in [5.41, 5.74) is 5.96. The number of hydrogen-bond acceptors (Lipinski definition) is 2. The van der Waals surface area contributed by atoms with E-state index in [1.807, 2.05) is 24.3 Å². The lowest BCUT2D eigenvalue weighted by atomic mass is 10.3. The molecule has 3 nitrogen and oxygen atoms in total. The van der Waals surface area contributed by atoms with E-state index in [-0.39, 0.29) is 5.56 Å². The van der Waals surface area contributed by atoms with Crippen LogP contribution in [0.15, 0.2) is 47.4 Å². The highest BCUT2D eigenvalue weighted by Crippen LogP contribution is 2.40. The maximum absolute atomic E-state index is 12.4. The van der Waals surface area contributed by atoms with Crippen LogP contribution in [0.4, 0.5) is 0 Å². The lowest BCUT2D eigenvalue weighted by Gasteiger charge is -2.38. The van der Waals surface area contributed by atoms with E-state index >= 15 is 0 Å². The van der Waals surface area contributed by atoms with Crippen molar-refractivity contribution >= 4 is 8.07 Å². The van der Waals surface area contributed by atoms with Gasteiger partial charge in [-0.1, -0.05) is 59.6 Å². The third kappa shape index (κ3) is 3.77. The van der Waals surface area contributed by atoms with E-state index in [1.54, 1.807) is 22.9 Å². The summed E-state index contributed by atoms with van der Waals surface area (Å²) in [4.78, 5) is 16.8. The molecule has 0 saturated heterocycles. The van der Waals surface area contributed by atoms with E-state index in [1.165, 1.54) is 0 Å². The SMILES string of the molecule is CC(C)[Si](C#Cc1cccc(=O)n1-c1ccccn1)(C(C)C)C(C)C. The molecule has 25 heavy (non-hydrogen) atoms. The van der Waals surface area contributed by atoms with Crippen molar-refractivity contribution in [3.05, 3.63) is 58.6 Å². The monoisotopic (exact) mass is 352 g/mol. The zero-order valence-electron chi connectivity index (χ0n) is 16.1. The highest BCUT2D eigenvalue weighted by atomic mass is 28.3. The Bertz CT molecular complexity index is 804. The average molecular weight is 353 g/mol. The molecule has 0 aromatic carbocycles.